The molecule has 0 atom stereocenters. The SMILES string of the molecule is C=COB([O-])[O-].[Sr+2].[Zr]. The van der Waals surface area contributed by atoms with Crippen molar-refractivity contribution >= 4 is 52.8 Å². The predicted octanol–water partition coefficient (Wildman–Crippen LogP) is -2.53. The molecule has 0 N–H and O–H groups in total. The van der Waals surface area contributed by atoms with Crippen LogP contribution in [0.4, 0.5) is 0 Å². The summed E-state index contributed by atoms with van der Waals surface area (Å²) >= 11 is 0. The minimum absolute atomic E-state index is 0. The third-order valence-electron chi connectivity index (χ3n) is 0.207. The van der Waals surface area contributed by atoms with E-state index in [4.69, 9.17) is 0 Å². The Morgan fingerprint density at radius 1 is 1.50 bits per heavy atom. The van der Waals surface area contributed by atoms with Gasteiger partial charge < -0.3 is 14.7 Å². The largest absolute Gasteiger partial charge is 2.00 e. The fourth-order valence-corrected chi connectivity index (χ4v) is 0.0786. The van der Waals surface area contributed by atoms with Crippen LogP contribution < -0.4 is 10.0 Å². The standard InChI is InChI=1S/C2H3BO3.Sr.Zr/c1-2-6-3(4)5;;/h2H,1H2;;/q-2;+2;. The van der Waals surface area contributed by atoms with Gasteiger partial charge in [0.25, 0.3) is 0 Å². The number of rotatable bonds is 2. The Bertz CT molecular complexity index is 52.5. The molecule has 0 spiro atoms. The quantitative estimate of drug-likeness (QED) is 0.408. The summed E-state index contributed by atoms with van der Waals surface area (Å²) in [5, 5.41) is 18.6. The van der Waals surface area contributed by atoms with Crippen LogP contribution in [-0.4, -0.2) is 52.8 Å². The Morgan fingerprint density at radius 3 is 1.88 bits per heavy atom. The minimum atomic E-state index is -2.22. The normalized spacial score (nSPS) is 5.25. The molecule has 0 unspecified atom stereocenters. The van der Waals surface area contributed by atoms with Crippen molar-refractivity contribution < 1.29 is 40.9 Å². The van der Waals surface area contributed by atoms with Gasteiger partial charge in [-0.05, 0) is 0 Å². The van der Waals surface area contributed by atoms with E-state index in [-0.39, 0.29) is 71.7 Å². The third-order valence-corrected chi connectivity index (χ3v) is 0.207. The molecule has 8 heavy (non-hydrogen) atoms. The van der Waals surface area contributed by atoms with E-state index < -0.39 is 7.32 Å². The molecule has 6 heteroatoms. The van der Waals surface area contributed by atoms with E-state index >= 15 is 0 Å². The van der Waals surface area contributed by atoms with Crippen molar-refractivity contribution in [1.29, 1.82) is 0 Å². The third kappa shape index (κ3) is 15.7. The van der Waals surface area contributed by atoms with Crippen LogP contribution in [0.1, 0.15) is 0 Å². The molecule has 3 nitrogen and oxygen atoms in total. The molecule has 0 rings (SSSR count). The molecule has 0 aromatic heterocycles. The molecule has 0 radical (unpaired) electrons. The Kier molecular flexibility index (Phi) is 24.0. The maximum Gasteiger partial charge on any atom is 2.00 e. The second-order valence-electron chi connectivity index (χ2n) is 0.591. The molecule has 0 aliphatic rings. The Morgan fingerprint density at radius 2 is 1.88 bits per heavy atom. The maximum atomic E-state index is 9.28. The first-order valence-electron chi connectivity index (χ1n) is 1.35. The number of hydrogen-bond acceptors (Lipinski definition) is 3. The van der Waals surface area contributed by atoms with Crippen molar-refractivity contribution in [1.82, 2.24) is 0 Å². The molecule has 0 aromatic carbocycles. The molecule has 38 valence electrons. The summed E-state index contributed by atoms with van der Waals surface area (Å²) in [6.07, 6.45) is 0.824. The van der Waals surface area contributed by atoms with Crippen LogP contribution in [0, 0.1) is 0 Å². The maximum absolute atomic E-state index is 9.28. The van der Waals surface area contributed by atoms with Crippen LogP contribution >= 0.6 is 0 Å². The van der Waals surface area contributed by atoms with Gasteiger partial charge in [-0.25, -0.2) is 0 Å². The van der Waals surface area contributed by atoms with E-state index in [0.717, 1.165) is 6.26 Å². The topological polar surface area (TPSA) is 55.3 Å². The summed E-state index contributed by atoms with van der Waals surface area (Å²) in [6.45, 7) is 2.98. The van der Waals surface area contributed by atoms with Gasteiger partial charge in [0.2, 0.25) is 0 Å². The molecule has 0 heterocycles. The van der Waals surface area contributed by atoms with E-state index in [2.05, 4.69) is 11.2 Å². The molecule has 0 saturated carbocycles. The summed E-state index contributed by atoms with van der Waals surface area (Å²) in [6, 6.07) is 0. The summed E-state index contributed by atoms with van der Waals surface area (Å²) in [5.74, 6) is 0. The van der Waals surface area contributed by atoms with Crippen LogP contribution in [0.15, 0.2) is 12.8 Å². The van der Waals surface area contributed by atoms with E-state index in [1.807, 2.05) is 0 Å². The summed E-state index contributed by atoms with van der Waals surface area (Å²) in [4.78, 5) is 0. The van der Waals surface area contributed by atoms with Crippen molar-refractivity contribution in [3.63, 3.8) is 0 Å². The molecule has 0 aliphatic heterocycles. The average molecular weight is 265 g/mol. The Hall–Kier alpha value is 1.89. The van der Waals surface area contributed by atoms with Crippen LogP contribution in [0.5, 0.6) is 0 Å². The average Bonchev–Trinajstić information content (AvgIpc) is 1.35. The summed E-state index contributed by atoms with van der Waals surface area (Å²) in [7, 11) is -2.22. The fourth-order valence-electron chi connectivity index (χ4n) is 0.0786. The van der Waals surface area contributed by atoms with Crippen molar-refractivity contribution in [2.24, 2.45) is 0 Å². The second-order valence-corrected chi connectivity index (χ2v) is 0.591. The first-order valence-corrected chi connectivity index (χ1v) is 1.35. The zero-order valence-corrected chi connectivity index (χ0v) is 10.2. The summed E-state index contributed by atoms with van der Waals surface area (Å²) in [5.41, 5.74) is 0. The van der Waals surface area contributed by atoms with Crippen LogP contribution in [0.3, 0.4) is 0 Å². The van der Waals surface area contributed by atoms with Gasteiger partial charge in [0.05, 0.1) is 0 Å². The van der Waals surface area contributed by atoms with Gasteiger partial charge in [0.15, 0.2) is 0 Å². The zero-order valence-electron chi connectivity index (χ0n) is 4.29. The van der Waals surface area contributed by atoms with Gasteiger partial charge >= 0.3 is 45.5 Å². The van der Waals surface area contributed by atoms with Crippen molar-refractivity contribution in [2.45, 2.75) is 0 Å². The van der Waals surface area contributed by atoms with Crippen LogP contribution in [-0.2, 0) is 30.9 Å². The van der Waals surface area contributed by atoms with Crippen molar-refractivity contribution in [3.05, 3.63) is 12.8 Å². The Balaban J connectivity index is -0.000000125. The first kappa shape index (κ1) is 16.5. The summed E-state index contributed by atoms with van der Waals surface area (Å²) < 4.78 is 3.69. The number of hydrogen-bond donors (Lipinski definition) is 0. The molecule has 0 saturated heterocycles. The molecular formula is C2H3BO3SrZr. The fraction of sp³-hybridized carbons (Fsp3) is 0. The first-order chi connectivity index (χ1) is 2.77. The minimum Gasteiger partial charge on any atom is -0.860 e. The van der Waals surface area contributed by atoms with Crippen LogP contribution in [0.25, 0.3) is 0 Å². The molecule has 0 bridgehead atoms. The van der Waals surface area contributed by atoms with Gasteiger partial charge in [-0.3, -0.25) is 0 Å². The van der Waals surface area contributed by atoms with Gasteiger partial charge in [-0.15, -0.1) is 0 Å². The molecule has 0 amide bonds. The van der Waals surface area contributed by atoms with Crippen LogP contribution in [0.2, 0.25) is 0 Å². The van der Waals surface area contributed by atoms with E-state index in [0.29, 0.717) is 0 Å². The molecule has 0 fully saturated rings. The van der Waals surface area contributed by atoms with Crippen molar-refractivity contribution in [3.8, 4) is 0 Å². The van der Waals surface area contributed by atoms with Gasteiger partial charge in [0, 0.05) is 32.5 Å². The molecule has 0 aliphatic carbocycles. The predicted molar refractivity (Wildman–Crippen MR) is 22.8 cm³/mol. The Labute approximate surface area is 105 Å². The van der Waals surface area contributed by atoms with Gasteiger partial charge in [-0.1, -0.05) is 6.58 Å². The zero-order chi connectivity index (χ0) is 4.99. The smallest absolute Gasteiger partial charge is 0.860 e. The van der Waals surface area contributed by atoms with E-state index in [1.54, 1.807) is 0 Å². The van der Waals surface area contributed by atoms with E-state index in [1.165, 1.54) is 0 Å². The second kappa shape index (κ2) is 11.7. The van der Waals surface area contributed by atoms with Crippen molar-refractivity contribution in [2.75, 3.05) is 0 Å². The van der Waals surface area contributed by atoms with E-state index in [9.17, 15) is 10.0 Å². The molecular weight excluding hydrogens is 262 g/mol. The molecule has 0 aromatic rings. The van der Waals surface area contributed by atoms with Gasteiger partial charge in [-0.2, -0.15) is 0 Å². The monoisotopic (exact) mass is 264 g/mol. The van der Waals surface area contributed by atoms with Gasteiger partial charge in [0.1, 0.15) is 7.32 Å².